The zero-order valence-corrected chi connectivity index (χ0v) is 13.3. The number of hydrogen-bond acceptors (Lipinski definition) is 4. The molecule has 102 valence electrons. The van der Waals surface area contributed by atoms with Crippen LogP contribution in [0.1, 0.15) is 22.2 Å². The highest BCUT2D eigenvalue weighted by Crippen LogP contribution is 2.40. The van der Waals surface area contributed by atoms with E-state index in [0.717, 1.165) is 16.3 Å². The smallest absolute Gasteiger partial charge is 0.132 e. The van der Waals surface area contributed by atoms with Crippen LogP contribution in [0.4, 0.5) is 0 Å². The fourth-order valence-corrected chi connectivity index (χ4v) is 4.00. The van der Waals surface area contributed by atoms with Crippen molar-refractivity contribution in [1.29, 1.82) is 0 Å². The van der Waals surface area contributed by atoms with Gasteiger partial charge in [-0.3, -0.25) is 0 Å². The van der Waals surface area contributed by atoms with Crippen LogP contribution in [0.2, 0.25) is 5.15 Å². The molecule has 0 amide bonds. The maximum absolute atomic E-state index is 6.20. The number of allylic oxidation sites excluding steroid dienone is 1. The molecule has 2 aromatic rings. The van der Waals surface area contributed by atoms with Crippen LogP contribution in [0.3, 0.4) is 0 Å². The van der Waals surface area contributed by atoms with Gasteiger partial charge in [0.2, 0.25) is 0 Å². The summed E-state index contributed by atoms with van der Waals surface area (Å²) >= 11 is 9.67. The lowest BCUT2D eigenvalue weighted by molar-refractivity contribution is 0.890. The van der Waals surface area contributed by atoms with Gasteiger partial charge < -0.3 is 0 Å². The van der Waals surface area contributed by atoms with E-state index in [0.29, 0.717) is 10.4 Å². The predicted molar refractivity (Wildman–Crippen MR) is 88.4 cm³/mol. The van der Waals surface area contributed by atoms with E-state index in [1.807, 2.05) is 19.1 Å². The fraction of sp³-hybridized carbons (Fsp3) is 0.200. The fourth-order valence-electron chi connectivity index (χ4n) is 2.16. The molecule has 2 aromatic heterocycles. The summed E-state index contributed by atoms with van der Waals surface area (Å²) in [7, 11) is 0. The van der Waals surface area contributed by atoms with E-state index in [2.05, 4.69) is 39.0 Å². The highest BCUT2D eigenvalue weighted by Gasteiger charge is 2.25. The van der Waals surface area contributed by atoms with Crippen molar-refractivity contribution in [3.63, 3.8) is 0 Å². The van der Waals surface area contributed by atoms with E-state index >= 15 is 0 Å². The van der Waals surface area contributed by atoms with Gasteiger partial charge in [0.05, 0.1) is 10.7 Å². The molecule has 0 spiro atoms. The highest BCUT2D eigenvalue weighted by molar-refractivity contribution is 8.03. The van der Waals surface area contributed by atoms with Gasteiger partial charge in [-0.15, -0.1) is 23.1 Å². The Bertz CT molecular complexity index is 663. The van der Waals surface area contributed by atoms with E-state index in [1.54, 1.807) is 29.3 Å². The quantitative estimate of drug-likeness (QED) is 0.750. The van der Waals surface area contributed by atoms with Gasteiger partial charge in [-0.1, -0.05) is 29.8 Å². The molecule has 2 nitrogen and oxygen atoms in total. The van der Waals surface area contributed by atoms with Crippen molar-refractivity contribution in [2.45, 2.75) is 18.1 Å². The third kappa shape index (κ3) is 2.97. The third-order valence-corrected chi connectivity index (χ3v) is 5.30. The zero-order valence-electron chi connectivity index (χ0n) is 10.9. The summed E-state index contributed by atoms with van der Waals surface area (Å²) in [6.45, 7) is 2.02. The van der Waals surface area contributed by atoms with Crippen molar-refractivity contribution in [3.8, 4) is 0 Å². The molecule has 0 saturated carbocycles. The molecule has 2 atom stereocenters. The summed E-state index contributed by atoms with van der Waals surface area (Å²) in [5, 5.41) is 6.24. The molecule has 20 heavy (non-hydrogen) atoms. The van der Waals surface area contributed by atoms with Gasteiger partial charge in [-0.05, 0) is 30.0 Å². The zero-order chi connectivity index (χ0) is 13.9. The summed E-state index contributed by atoms with van der Waals surface area (Å²) < 4.78 is 0. The normalized spacial score (nSPS) is 21.9. The summed E-state index contributed by atoms with van der Waals surface area (Å²) in [6.07, 6.45) is 8.20. The van der Waals surface area contributed by atoms with E-state index < -0.39 is 0 Å². The van der Waals surface area contributed by atoms with Gasteiger partial charge >= 0.3 is 0 Å². The summed E-state index contributed by atoms with van der Waals surface area (Å²) in [5.41, 5.74) is 2.11. The Labute approximate surface area is 131 Å². The van der Waals surface area contributed by atoms with Crippen molar-refractivity contribution < 1.29 is 0 Å². The topological polar surface area (TPSA) is 25.8 Å². The Kier molecular flexibility index (Phi) is 4.24. The first-order valence-corrected chi connectivity index (χ1v) is 8.47. The van der Waals surface area contributed by atoms with Crippen molar-refractivity contribution in [2.75, 3.05) is 0 Å². The minimum atomic E-state index is 0.275. The number of rotatable bonds is 3. The number of aromatic nitrogens is 2. The van der Waals surface area contributed by atoms with Crippen LogP contribution in [0, 0.1) is 6.92 Å². The molecule has 3 rings (SSSR count). The highest BCUT2D eigenvalue weighted by atomic mass is 35.5. The van der Waals surface area contributed by atoms with Gasteiger partial charge in [-0.2, -0.15) is 0 Å². The first-order valence-electron chi connectivity index (χ1n) is 6.27. The largest absolute Gasteiger partial charge is 0.244 e. The monoisotopic (exact) mass is 320 g/mol. The summed E-state index contributed by atoms with van der Waals surface area (Å²) in [6, 6.07) is 3.98. The van der Waals surface area contributed by atoms with Crippen LogP contribution in [-0.2, 0) is 0 Å². The van der Waals surface area contributed by atoms with Gasteiger partial charge in [0.25, 0.3) is 0 Å². The van der Waals surface area contributed by atoms with Crippen LogP contribution in [0.15, 0.2) is 41.3 Å². The molecule has 2 unspecified atom stereocenters. The Morgan fingerprint density at radius 1 is 1.40 bits per heavy atom. The maximum Gasteiger partial charge on any atom is 0.132 e. The summed E-state index contributed by atoms with van der Waals surface area (Å²) in [4.78, 5) is 8.62. The van der Waals surface area contributed by atoms with Crippen molar-refractivity contribution in [3.05, 3.63) is 62.7 Å². The van der Waals surface area contributed by atoms with Gasteiger partial charge in [0.1, 0.15) is 5.15 Å². The molecule has 3 heterocycles. The van der Waals surface area contributed by atoms with E-state index in [9.17, 15) is 0 Å². The number of aryl methyl sites for hydroxylation is 1. The summed E-state index contributed by atoms with van der Waals surface area (Å²) in [5.74, 6) is 0.275. The van der Waals surface area contributed by atoms with E-state index in [1.165, 1.54) is 0 Å². The van der Waals surface area contributed by atoms with Crippen LogP contribution in [-0.4, -0.2) is 15.2 Å². The molecule has 0 radical (unpaired) electrons. The van der Waals surface area contributed by atoms with Crippen LogP contribution < -0.4 is 0 Å². The van der Waals surface area contributed by atoms with E-state index in [-0.39, 0.29) is 5.92 Å². The first kappa shape index (κ1) is 13.9. The van der Waals surface area contributed by atoms with E-state index in [4.69, 9.17) is 11.6 Å². The average molecular weight is 321 g/mol. The van der Waals surface area contributed by atoms with Crippen molar-refractivity contribution >= 4 is 40.8 Å². The first-order chi connectivity index (χ1) is 9.74. The molecule has 0 bridgehead atoms. The molecular formula is C15H13ClN2S2. The Balaban J connectivity index is 1.80. The van der Waals surface area contributed by atoms with Crippen LogP contribution >= 0.6 is 34.7 Å². The number of thiazole rings is 1. The number of halogens is 1. The number of nitrogens with zero attached hydrogens (tertiary/aromatic N) is 2. The third-order valence-electron chi connectivity index (χ3n) is 3.12. The SMILES string of the molecule is Cc1nc(C=CC2SC=CC2c2cccnc2Cl)cs1. The Morgan fingerprint density at radius 2 is 2.30 bits per heavy atom. The second-order valence-electron chi connectivity index (χ2n) is 4.49. The lowest BCUT2D eigenvalue weighted by Gasteiger charge is -2.16. The van der Waals surface area contributed by atoms with Crippen molar-refractivity contribution in [1.82, 2.24) is 9.97 Å². The second kappa shape index (κ2) is 6.12. The molecule has 0 aliphatic carbocycles. The molecule has 0 saturated heterocycles. The lowest BCUT2D eigenvalue weighted by atomic mass is 9.97. The molecule has 0 N–H and O–H groups in total. The maximum atomic E-state index is 6.20. The molecule has 5 heteroatoms. The lowest BCUT2D eigenvalue weighted by Crippen LogP contribution is -2.07. The minimum absolute atomic E-state index is 0.275. The standard InChI is InChI=1S/C15H13ClN2S2/c1-10-18-11(9-20-10)4-5-14-12(6-8-19-14)13-3-2-7-17-15(13)16/h2-9,12,14H,1H3. The average Bonchev–Trinajstić information content (AvgIpc) is 3.06. The number of thioether (sulfide) groups is 1. The van der Waals surface area contributed by atoms with Gasteiger partial charge in [0.15, 0.2) is 0 Å². The van der Waals surface area contributed by atoms with Gasteiger partial charge in [-0.25, -0.2) is 9.97 Å². The molecule has 1 aliphatic rings. The molecular weight excluding hydrogens is 308 g/mol. The van der Waals surface area contributed by atoms with Crippen molar-refractivity contribution in [2.24, 2.45) is 0 Å². The van der Waals surface area contributed by atoms with Crippen LogP contribution in [0.5, 0.6) is 0 Å². The number of pyridine rings is 1. The van der Waals surface area contributed by atoms with Crippen LogP contribution in [0.25, 0.3) is 6.08 Å². The molecule has 0 aromatic carbocycles. The number of hydrogen-bond donors (Lipinski definition) is 0. The van der Waals surface area contributed by atoms with Gasteiger partial charge in [0, 0.05) is 22.7 Å². The minimum Gasteiger partial charge on any atom is -0.244 e. The Morgan fingerprint density at radius 3 is 3.05 bits per heavy atom. The predicted octanol–water partition coefficient (Wildman–Crippen LogP) is 4.93. The molecule has 1 aliphatic heterocycles. The Hall–Kier alpha value is -1.10. The molecule has 0 fully saturated rings. The second-order valence-corrected chi connectivity index (χ2v) is 7.00.